The third kappa shape index (κ3) is 3.08. The van der Waals surface area contributed by atoms with Crippen molar-refractivity contribution in [1.29, 1.82) is 0 Å². The van der Waals surface area contributed by atoms with Crippen molar-refractivity contribution in [3.05, 3.63) is 70.9 Å². The highest BCUT2D eigenvalue weighted by Crippen LogP contribution is 2.34. The molecule has 7 heteroatoms. The van der Waals surface area contributed by atoms with Gasteiger partial charge in [0.15, 0.2) is 0 Å². The Morgan fingerprint density at radius 1 is 1.18 bits per heavy atom. The number of guanidine groups is 1. The largest absolute Gasteiger partial charge is 0.355 e. The van der Waals surface area contributed by atoms with Crippen LogP contribution in [-0.4, -0.2) is 16.7 Å². The normalized spacial score (nSPS) is 21.5. The summed E-state index contributed by atoms with van der Waals surface area (Å²) in [6.07, 6.45) is 3.41. The molecule has 0 unspecified atom stereocenters. The third-order valence-electron chi connectivity index (χ3n) is 5.11. The lowest BCUT2D eigenvalue weighted by Crippen LogP contribution is -2.84. The molecule has 1 aromatic heterocycles. The zero-order valence-corrected chi connectivity index (χ0v) is 16.5. The maximum atomic E-state index is 12.7. The average Bonchev–Trinajstić information content (AvgIpc) is 3.10. The summed E-state index contributed by atoms with van der Waals surface area (Å²) in [6.45, 7) is 0. The summed E-state index contributed by atoms with van der Waals surface area (Å²) in [7, 11) is 0. The molecule has 2 atom stereocenters. The van der Waals surface area contributed by atoms with Gasteiger partial charge in [0.2, 0.25) is 0 Å². The molecule has 0 fully saturated rings. The summed E-state index contributed by atoms with van der Waals surface area (Å²) in [6, 6.07) is 15.5. The van der Waals surface area contributed by atoms with Gasteiger partial charge in [-0.2, -0.15) is 0 Å². The Balaban J connectivity index is 1.55. The Hall–Kier alpha value is -2.70. The van der Waals surface area contributed by atoms with E-state index in [0.717, 1.165) is 33.0 Å². The van der Waals surface area contributed by atoms with Crippen LogP contribution in [0.25, 0.3) is 10.2 Å². The number of para-hydroxylation sites is 1. The van der Waals surface area contributed by atoms with Crippen LogP contribution in [0.1, 0.15) is 24.4 Å². The summed E-state index contributed by atoms with van der Waals surface area (Å²) >= 11 is 8.05. The van der Waals surface area contributed by atoms with E-state index < -0.39 is 0 Å². The summed E-state index contributed by atoms with van der Waals surface area (Å²) < 4.78 is 1.12. The summed E-state index contributed by atoms with van der Waals surface area (Å²) in [5.41, 5.74) is 2.79. The van der Waals surface area contributed by atoms with Crippen LogP contribution >= 0.6 is 22.9 Å². The van der Waals surface area contributed by atoms with Crippen molar-refractivity contribution in [2.24, 2.45) is 5.92 Å². The van der Waals surface area contributed by atoms with Crippen LogP contribution in [-0.2, 0) is 4.79 Å². The number of thiazole rings is 1. The first-order chi connectivity index (χ1) is 13.7. The second-order valence-corrected chi connectivity index (χ2v) is 8.34. The van der Waals surface area contributed by atoms with Gasteiger partial charge in [-0.25, -0.2) is 15.6 Å². The van der Waals surface area contributed by atoms with E-state index in [1.54, 1.807) is 11.3 Å². The number of nitrogens with zero attached hydrogens (tertiary/aromatic N) is 1. The van der Waals surface area contributed by atoms with E-state index in [1.807, 2.05) is 42.5 Å². The van der Waals surface area contributed by atoms with E-state index >= 15 is 0 Å². The highest BCUT2D eigenvalue weighted by atomic mass is 35.5. The molecule has 28 heavy (non-hydrogen) atoms. The lowest BCUT2D eigenvalue weighted by molar-refractivity contribution is -0.522. The fourth-order valence-electron chi connectivity index (χ4n) is 3.82. The van der Waals surface area contributed by atoms with E-state index in [4.69, 9.17) is 11.6 Å². The van der Waals surface area contributed by atoms with E-state index in [2.05, 4.69) is 32.8 Å². The smallest absolute Gasteiger partial charge is 0.299 e. The van der Waals surface area contributed by atoms with Gasteiger partial charge >= 0.3 is 5.96 Å². The topological polar surface area (TPSA) is 68.0 Å². The molecule has 2 heterocycles. The predicted molar refractivity (Wildman–Crippen MR) is 112 cm³/mol. The summed E-state index contributed by atoms with van der Waals surface area (Å²) in [5, 5.41) is 8.14. The molecule has 2 aromatic carbocycles. The molecule has 1 aliphatic carbocycles. The molecular formula is C21H18ClN4OS+. The molecule has 1 aliphatic heterocycles. The molecule has 0 saturated carbocycles. The van der Waals surface area contributed by atoms with E-state index in [-0.39, 0.29) is 17.7 Å². The van der Waals surface area contributed by atoms with Gasteiger partial charge < -0.3 is 0 Å². The molecule has 140 valence electrons. The van der Waals surface area contributed by atoms with Crippen LogP contribution in [0.5, 0.6) is 0 Å². The van der Waals surface area contributed by atoms with E-state index in [1.165, 1.54) is 0 Å². The Morgan fingerprint density at radius 3 is 2.86 bits per heavy atom. The zero-order chi connectivity index (χ0) is 19.1. The molecule has 0 radical (unpaired) electrons. The molecular weight excluding hydrogens is 392 g/mol. The number of ketones is 1. The van der Waals surface area contributed by atoms with E-state index in [9.17, 15) is 4.79 Å². The maximum absolute atomic E-state index is 12.7. The number of fused-ring (bicyclic) bond motifs is 2. The number of hydrogen-bond acceptors (Lipinski definition) is 5. The van der Waals surface area contributed by atoms with Crippen molar-refractivity contribution in [2.75, 3.05) is 5.32 Å². The second kappa shape index (κ2) is 7.04. The fraction of sp³-hybridized carbons (Fsp3) is 0.190. The second-order valence-electron chi connectivity index (χ2n) is 6.90. The molecule has 3 N–H and O–H groups in total. The third-order valence-corrected chi connectivity index (χ3v) is 6.40. The number of aromatic nitrogens is 1. The molecule has 2 aliphatic rings. The van der Waals surface area contributed by atoms with Crippen molar-refractivity contribution in [1.82, 2.24) is 10.3 Å². The number of halogens is 1. The molecule has 0 saturated heterocycles. The number of Topliss-reactive ketones (excluding diaryl/α,β-unsaturated/α-hetero) is 1. The van der Waals surface area contributed by atoms with Crippen molar-refractivity contribution >= 4 is 50.0 Å². The first-order valence-electron chi connectivity index (χ1n) is 9.19. The lowest BCUT2D eigenvalue weighted by Gasteiger charge is -2.31. The van der Waals surface area contributed by atoms with Gasteiger partial charge in [0, 0.05) is 17.0 Å². The van der Waals surface area contributed by atoms with Gasteiger partial charge in [0.1, 0.15) is 17.7 Å². The molecule has 0 spiro atoms. The van der Waals surface area contributed by atoms with Gasteiger partial charge in [0.05, 0.1) is 15.9 Å². The SMILES string of the molecule is O=C1CCC=C2NC(Nc3nc4ccccc4s3)=[NH+][C@H](c3ccccc3Cl)[C@@H]12. The monoisotopic (exact) mass is 409 g/mol. The number of carbonyl (C=O) groups excluding carboxylic acids is 1. The number of benzene rings is 2. The number of carbonyl (C=O) groups is 1. The first-order valence-corrected chi connectivity index (χ1v) is 10.4. The minimum absolute atomic E-state index is 0.224. The van der Waals surface area contributed by atoms with Crippen molar-refractivity contribution in [2.45, 2.75) is 18.9 Å². The molecule has 3 aromatic rings. The number of rotatable bonds is 2. The van der Waals surface area contributed by atoms with E-state index in [0.29, 0.717) is 17.4 Å². The fourth-order valence-corrected chi connectivity index (χ4v) is 4.95. The highest BCUT2D eigenvalue weighted by Gasteiger charge is 2.42. The quantitative estimate of drug-likeness (QED) is 0.608. The van der Waals surface area contributed by atoms with Crippen LogP contribution in [0, 0.1) is 5.92 Å². The standard InChI is InChI=1S/C21H17ClN4OS/c22-13-7-2-1-6-12(13)19-18-15(9-5-10-16(18)27)23-20(25-19)26-21-24-14-8-3-4-11-17(14)28-21/h1-4,6-9,11,18-19H,5,10H2,(H2,23,24,25,26)/p+1/t18-,19-/m1/s1. The molecule has 5 rings (SSSR count). The first kappa shape index (κ1) is 17.4. The zero-order valence-electron chi connectivity index (χ0n) is 14.9. The number of nitrogens with one attached hydrogen (secondary N) is 3. The minimum Gasteiger partial charge on any atom is -0.299 e. The van der Waals surface area contributed by atoms with Crippen molar-refractivity contribution in [3.8, 4) is 0 Å². The van der Waals surface area contributed by atoms with Gasteiger partial charge in [-0.3, -0.25) is 9.79 Å². The van der Waals surface area contributed by atoms with Gasteiger partial charge in [0.25, 0.3) is 5.13 Å². The lowest BCUT2D eigenvalue weighted by atomic mass is 9.81. The van der Waals surface area contributed by atoms with Crippen LogP contribution in [0.15, 0.2) is 60.3 Å². The predicted octanol–water partition coefficient (Wildman–Crippen LogP) is 3.01. The Morgan fingerprint density at radius 2 is 2.00 bits per heavy atom. The van der Waals surface area contributed by atoms with Crippen LogP contribution in [0.2, 0.25) is 5.02 Å². The Labute approximate surface area is 171 Å². The van der Waals surface area contributed by atoms with Crippen molar-refractivity contribution in [3.63, 3.8) is 0 Å². The molecule has 0 amide bonds. The molecule has 0 bridgehead atoms. The number of anilines is 1. The Kier molecular flexibility index (Phi) is 4.37. The van der Waals surface area contributed by atoms with Crippen LogP contribution in [0.4, 0.5) is 5.13 Å². The van der Waals surface area contributed by atoms with Crippen LogP contribution in [0.3, 0.4) is 0 Å². The van der Waals surface area contributed by atoms with Gasteiger partial charge in [-0.1, -0.05) is 53.3 Å². The van der Waals surface area contributed by atoms with Crippen molar-refractivity contribution < 1.29 is 9.79 Å². The highest BCUT2D eigenvalue weighted by molar-refractivity contribution is 7.22. The van der Waals surface area contributed by atoms with Gasteiger partial charge in [-0.05, 0) is 30.7 Å². The number of hydrogen-bond donors (Lipinski definition) is 3. The maximum Gasteiger partial charge on any atom is 0.355 e. The minimum atomic E-state index is -0.269. The van der Waals surface area contributed by atoms with Gasteiger partial charge in [-0.15, -0.1) is 0 Å². The van der Waals surface area contributed by atoms with Crippen LogP contribution < -0.4 is 15.6 Å². The average molecular weight is 410 g/mol. The number of allylic oxidation sites excluding steroid dienone is 1. The summed E-state index contributed by atoms with van der Waals surface area (Å²) in [5.74, 6) is 0.664. The summed E-state index contributed by atoms with van der Waals surface area (Å²) in [4.78, 5) is 20.8. The Bertz CT molecular complexity index is 1100. The molecule has 5 nitrogen and oxygen atoms in total.